The fourth-order valence-electron chi connectivity index (χ4n) is 4.21. The summed E-state index contributed by atoms with van der Waals surface area (Å²) in [6.07, 6.45) is -25.3. The van der Waals surface area contributed by atoms with E-state index in [1.165, 1.54) is 6.92 Å². The molecule has 42 heavy (non-hydrogen) atoms. The van der Waals surface area contributed by atoms with E-state index < -0.39 is 81.3 Å². The van der Waals surface area contributed by atoms with Crippen molar-refractivity contribution >= 4 is 0 Å². The highest BCUT2D eigenvalue weighted by Crippen LogP contribution is 2.49. The molecule has 0 aliphatic rings. The van der Waals surface area contributed by atoms with Crippen molar-refractivity contribution in [2.75, 3.05) is 0 Å². The minimum Gasteiger partial charge on any atom is -0.166 e. The van der Waals surface area contributed by atoms with Crippen molar-refractivity contribution < 1.29 is 65.9 Å². The molecule has 0 aliphatic heterocycles. The van der Waals surface area contributed by atoms with E-state index in [0.717, 1.165) is 26.0 Å². The van der Waals surface area contributed by atoms with E-state index in [-0.39, 0.29) is 24.0 Å². The molecule has 0 nitrogen and oxygen atoms in total. The average Bonchev–Trinajstić information content (AvgIpc) is 2.79. The first-order chi connectivity index (χ1) is 18.6. The van der Waals surface area contributed by atoms with Gasteiger partial charge in [-0.05, 0) is 79.0 Å². The highest BCUT2D eigenvalue weighted by Gasteiger charge is 2.49. The molecule has 0 saturated carbocycles. The zero-order valence-corrected chi connectivity index (χ0v) is 23.0. The number of alkyl halides is 15. The molecule has 15 heteroatoms. The molecule has 240 valence electrons. The summed E-state index contributed by atoms with van der Waals surface area (Å²) < 4.78 is 194. The molecule has 2 aromatic rings. The minimum absolute atomic E-state index is 0.0409. The van der Waals surface area contributed by atoms with Crippen LogP contribution < -0.4 is 0 Å². The number of halogens is 15. The number of benzene rings is 2. The molecule has 2 aromatic carbocycles. The second kappa shape index (κ2) is 12.6. The first-order valence-corrected chi connectivity index (χ1v) is 12.3. The maximum atomic E-state index is 13.2. The topological polar surface area (TPSA) is 0 Å². The van der Waals surface area contributed by atoms with Gasteiger partial charge in [-0.2, -0.15) is 65.9 Å². The van der Waals surface area contributed by atoms with Crippen molar-refractivity contribution in [3.05, 3.63) is 68.3 Å². The van der Waals surface area contributed by atoms with Gasteiger partial charge in [0, 0.05) is 0 Å². The zero-order chi connectivity index (χ0) is 33.4. The van der Waals surface area contributed by atoms with Gasteiger partial charge in [-0.25, -0.2) is 0 Å². The monoisotopic (exact) mass is 636 g/mol. The molecule has 0 fully saturated rings. The van der Waals surface area contributed by atoms with Gasteiger partial charge in [0.2, 0.25) is 0 Å². The lowest BCUT2D eigenvalue weighted by Gasteiger charge is -2.26. The quantitative estimate of drug-likeness (QED) is 0.293. The van der Waals surface area contributed by atoms with Crippen LogP contribution in [0.3, 0.4) is 0 Å². The third-order valence-electron chi connectivity index (χ3n) is 6.86. The zero-order valence-electron chi connectivity index (χ0n) is 23.0. The maximum absolute atomic E-state index is 13.2. The van der Waals surface area contributed by atoms with Crippen molar-refractivity contribution in [3.8, 4) is 0 Å². The molecule has 2 unspecified atom stereocenters. The first-order valence-electron chi connectivity index (χ1n) is 12.3. The van der Waals surface area contributed by atoms with E-state index in [1.807, 2.05) is 0 Å². The molecule has 2 rings (SSSR count). The van der Waals surface area contributed by atoms with Gasteiger partial charge in [-0.3, -0.25) is 0 Å². The Balaban J connectivity index is 0.000000428. The van der Waals surface area contributed by atoms with Crippen LogP contribution in [0.1, 0.15) is 102 Å². The highest BCUT2D eigenvalue weighted by atomic mass is 19.4. The van der Waals surface area contributed by atoms with E-state index in [4.69, 9.17) is 0 Å². The molecule has 0 spiro atoms. The van der Waals surface area contributed by atoms with Crippen molar-refractivity contribution in [3.63, 3.8) is 0 Å². The Morgan fingerprint density at radius 3 is 1.10 bits per heavy atom. The normalized spacial score (nSPS) is 14.8. The molecule has 0 N–H and O–H groups in total. The van der Waals surface area contributed by atoms with Crippen LogP contribution >= 0.6 is 0 Å². The Bertz CT molecular complexity index is 1190. The van der Waals surface area contributed by atoms with Crippen molar-refractivity contribution in [1.29, 1.82) is 0 Å². The lowest BCUT2D eigenvalue weighted by molar-refractivity contribution is -0.164. The van der Waals surface area contributed by atoms with Gasteiger partial charge < -0.3 is 0 Å². The predicted molar refractivity (Wildman–Crippen MR) is 125 cm³/mol. The van der Waals surface area contributed by atoms with Crippen LogP contribution in [0, 0.1) is 13.8 Å². The SMILES string of the molecule is CCC(C)c1cc(C(F)(F)F)c(C)c(C(F)(F)F)c1.CCC(C)c1cc(C(F)(F)F)c(C)c(C(F)(F)F)c1C(F)(F)F. The van der Waals surface area contributed by atoms with Crippen LogP contribution in [0.15, 0.2) is 18.2 Å². The van der Waals surface area contributed by atoms with E-state index >= 15 is 0 Å². The Labute approximate surface area is 231 Å². The van der Waals surface area contributed by atoms with E-state index in [1.54, 1.807) is 13.8 Å². The van der Waals surface area contributed by atoms with Gasteiger partial charge in [-0.1, -0.05) is 27.7 Å². The molecule has 2 atom stereocenters. The van der Waals surface area contributed by atoms with Crippen LogP contribution in [-0.2, 0) is 30.9 Å². The lowest BCUT2D eigenvalue weighted by Crippen LogP contribution is -2.24. The van der Waals surface area contributed by atoms with Crippen molar-refractivity contribution in [2.45, 2.75) is 97.1 Å². The molecule has 0 amide bonds. The van der Waals surface area contributed by atoms with Gasteiger partial charge in [-0.15, -0.1) is 0 Å². The molecule has 0 radical (unpaired) electrons. The summed E-state index contributed by atoms with van der Waals surface area (Å²) in [5.41, 5.74) is -11.6. The Kier molecular flexibility index (Phi) is 11.2. The van der Waals surface area contributed by atoms with Gasteiger partial charge >= 0.3 is 30.9 Å². The Morgan fingerprint density at radius 2 is 0.810 bits per heavy atom. The third-order valence-corrected chi connectivity index (χ3v) is 6.86. The number of hydrogen-bond donors (Lipinski definition) is 0. The summed E-state index contributed by atoms with van der Waals surface area (Å²) in [5, 5.41) is 0. The Morgan fingerprint density at radius 1 is 0.476 bits per heavy atom. The molecule has 0 aliphatic carbocycles. The molecule has 0 aromatic heterocycles. The van der Waals surface area contributed by atoms with Gasteiger partial charge in [0.15, 0.2) is 0 Å². The summed E-state index contributed by atoms with van der Waals surface area (Å²) in [4.78, 5) is 0. The highest BCUT2D eigenvalue weighted by molar-refractivity contribution is 5.51. The summed E-state index contributed by atoms with van der Waals surface area (Å²) in [6.45, 7) is 7.11. The fraction of sp³-hybridized carbons (Fsp3) is 0.556. The maximum Gasteiger partial charge on any atom is 0.417 e. The molecule has 0 saturated heterocycles. The second-order valence-electron chi connectivity index (χ2n) is 9.74. The molecular weight excluding hydrogens is 609 g/mol. The van der Waals surface area contributed by atoms with E-state index in [9.17, 15) is 65.9 Å². The fourth-order valence-corrected chi connectivity index (χ4v) is 4.21. The van der Waals surface area contributed by atoms with Crippen LogP contribution in [0.5, 0.6) is 0 Å². The van der Waals surface area contributed by atoms with Crippen LogP contribution in [0.25, 0.3) is 0 Å². The first kappa shape index (κ1) is 37.4. The minimum atomic E-state index is -5.56. The molecular formula is C27H27F15. The average molecular weight is 636 g/mol. The van der Waals surface area contributed by atoms with Gasteiger partial charge in [0.1, 0.15) is 0 Å². The number of rotatable bonds is 4. The Hall–Kier alpha value is -2.61. The van der Waals surface area contributed by atoms with Crippen molar-refractivity contribution in [2.24, 2.45) is 0 Å². The van der Waals surface area contributed by atoms with Crippen LogP contribution in [0.2, 0.25) is 0 Å². The number of hydrogen-bond acceptors (Lipinski definition) is 0. The van der Waals surface area contributed by atoms with Gasteiger partial charge in [0.05, 0.1) is 27.8 Å². The standard InChI is InChI=1S/C14H13F9.C13H14F6/c1-4-6(2)8-5-9(12(15,16)17)7(3)10(13(18,19)20)11(8)14(21,22)23;1-4-7(2)9-5-10(12(14,15)16)8(3)11(6-9)13(17,18)19/h5-6H,4H2,1-3H3;5-7H,4H2,1-3H3. The summed E-state index contributed by atoms with van der Waals surface area (Å²) in [6, 6.07) is 1.82. The van der Waals surface area contributed by atoms with Crippen LogP contribution in [0.4, 0.5) is 65.9 Å². The summed E-state index contributed by atoms with van der Waals surface area (Å²) >= 11 is 0. The second-order valence-corrected chi connectivity index (χ2v) is 9.74. The van der Waals surface area contributed by atoms with E-state index in [2.05, 4.69) is 0 Å². The summed E-state index contributed by atoms with van der Waals surface area (Å²) in [5.74, 6) is -1.47. The summed E-state index contributed by atoms with van der Waals surface area (Å²) in [7, 11) is 0. The smallest absolute Gasteiger partial charge is 0.166 e. The predicted octanol–water partition coefficient (Wildman–Crippen LogP) is 12.1. The molecule has 0 heterocycles. The van der Waals surface area contributed by atoms with Crippen molar-refractivity contribution in [1.82, 2.24) is 0 Å². The van der Waals surface area contributed by atoms with Gasteiger partial charge in [0.25, 0.3) is 0 Å². The molecule has 0 bridgehead atoms. The van der Waals surface area contributed by atoms with E-state index in [0.29, 0.717) is 13.3 Å². The largest absolute Gasteiger partial charge is 0.417 e. The van der Waals surface area contributed by atoms with Crippen LogP contribution in [-0.4, -0.2) is 0 Å². The lowest BCUT2D eigenvalue weighted by atomic mass is 9.85. The third kappa shape index (κ3) is 8.71.